The Hall–Kier alpha value is -0.710. The number of rotatable bonds is 1. The molecule has 5 heteroatoms. The van der Waals surface area contributed by atoms with Gasteiger partial charge in [-0.15, -0.1) is 0 Å². The van der Waals surface area contributed by atoms with Gasteiger partial charge in [-0.1, -0.05) is 0 Å². The lowest BCUT2D eigenvalue weighted by molar-refractivity contribution is -0.0328. The van der Waals surface area contributed by atoms with Crippen LogP contribution in [0.1, 0.15) is 0 Å². The second-order valence-corrected chi connectivity index (χ2v) is 3.03. The Balaban J connectivity index is 2.71. The Labute approximate surface area is 70.6 Å². The minimum Gasteiger partial charge on any atom is -0.207 e. The van der Waals surface area contributed by atoms with Gasteiger partial charge in [0.15, 0.2) is 0 Å². The van der Waals surface area contributed by atoms with E-state index in [4.69, 9.17) is 0 Å². The summed E-state index contributed by atoms with van der Waals surface area (Å²) in [7, 11) is 0. The molecular formula is C7H3F4S. The quantitative estimate of drug-likeness (QED) is 0.489. The molecular weight excluding hydrogens is 192 g/mol. The maximum atomic E-state index is 12.2. The Morgan fingerprint density at radius 1 is 1.25 bits per heavy atom. The minimum atomic E-state index is -4.34. The zero-order valence-corrected chi connectivity index (χ0v) is 6.47. The number of hydrogen-bond donors (Lipinski definition) is 0. The highest BCUT2D eigenvalue weighted by atomic mass is 32.2. The Kier molecular flexibility index (Phi) is 2.62. The summed E-state index contributed by atoms with van der Waals surface area (Å²) >= 11 is -0.313. The van der Waals surface area contributed by atoms with Crippen molar-refractivity contribution in [3.8, 4) is 0 Å². The minimum absolute atomic E-state index is 0.135. The van der Waals surface area contributed by atoms with E-state index in [1.807, 2.05) is 0 Å². The largest absolute Gasteiger partial charge is 0.446 e. The molecule has 1 aromatic rings. The third kappa shape index (κ3) is 3.13. The highest BCUT2D eigenvalue weighted by Crippen LogP contribution is 2.36. The first-order valence-corrected chi connectivity index (χ1v) is 3.72. The number of benzene rings is 1. The molecule has 0 unspecified atom stereocenters. The van der Waals surface area contributed by atoms with E-state index >= 15 is 0 Å². The maximum absolute atomic E-state index is 12.2. The van der Waals surface area contributed by atoms with Crippen LogP contribution in [0.5, 0.6) is 0 Å². The lowest BCUT2D eigenvalue weighted by Gasteiger charge is -2.03. The molecule has 1 aromatic carbocycles. The number of hydrogen-bond acceptors (Lipinski definition) is 1. The zero-order valence-electron chi connectivity index (χ0n) is 5.65. The lowest BCUT2D eigenvalue weighted by atomic mass is 10.4. The zero-order chi connectivity index (χ0) is 9.19. The first-order valence-electron chi connectivity index (χ1n) is 2.90. The van der Waals surface area contributed by atoms with Crippen LogP contribution in [0.2, 0.25) is 0 Å². The van der Waals surface area contributed by atoms with Crippen molar-refractivity contribution in [1.82, 2.24) is 0 Å². The second kappa shape index (κ2) is 3.35. The van der Waals surface area contributed by atoms with E-state index in [1.165, 1.54) is 0 Å². The molecule has 0 nitrogen and oxygen atoms in total. The van der Waals surface area contributed by atoms with Crippen molar-refractivity contribution in [1.29, 1.82) is 0 Å². The monoisotopic (exact) mass is 195 g/mol. The van der Waals surface area contributed by atoms with Crippen LogP contribution in [-0.2, 0) is 0 Å². The smallest absolute Gasteiger partial charge is 0.207 e. The van der Waals surface area contributed by atoms with Gasteiger partial charge in [0.2, 0.25) is 0 Å². The standard InChI is InChI=1S/C7H3F4S/c8-5-1-3-6(4-2-5)12-7(9,10)11/h1-3H. The Morgan fingerprint density at radius 3 is 2.33 bits per heavy atom. The first kappa shape index (κ1) is 9.38. The van der Waals surface area contributed by atoms with Crippen molar-refractivity contribution in [2.45, 2.75) is 10.4 Å². The van der Waals surface area contributed by atoms with Crippen molar-refractivity contribution in [3.63, 3.8) is 0 Å². The molecule has 0 amide bonds. The molecule has 0 aliphatic rings. The molecule has 1 radical (unpaired) electrons. The average Bonchev–Trinajstić information content (AvgIpc) is 1.91. The summed E-state index contributed by atoms with van der Waals surface area (Å²) in [4.78, 5) is -0.135. The van der Waals surface area contributed by atoms with Gasteiger partial charge in [0.1, 0.15) is 5.82 Å². The highest BCUT2D eigenvalue weighted by molar-refractivity contribution is 8.00. The molecule has 0 aliphatic carbocycles. The van der Waals surface area contributed by atoms with E-state index in [0.717, 1.165) is 18.2 Å². The van der Waals surface area contributed by atoms with Crippen LogP contribution in [0.3, 0.4) is 0 Å². The fourth-order valence-electron chi connectivity index (χ4n) is 0.580. The predicted octanol–water partition coefficient (Wildman–Crippen LogP) is 3.24. The van der Waals surface area contributed by atoms with Crippen LogP contribution >= 0.6 is 11.8 Å². The highest BCUT2D eigenvalue weighted by Gasteiger charge is 2.29. The molecule has 65 valence electrons. The lowest BCUT2D eigenvalue weighted by Crippen LogP contribution is -1.98. The first-order chi connectivity index (χ1) is 5.47. The van der Waals surface area contributed by atoms with Crippen LogP contribution in [0.25, 0.3) is 0 Å². The molecule has 0 heterocycles. The predicted molar refractivity (Wildman–Crippen MR) is 37.1 cm³/mol. The van der Waals surface area contributed by atoms with Crippen molar-refractivity contribution in [2.75, 3.05) is 0 Å². The summed E-state index contributed by atoms with van der Waals surface area (Å²) in [5.41, 5.74) is -4.34. The van der Waals surface area contributed by atoms with Crippen molar-refractivity contribution in [3.05, 3.63) is 30.1 Å². The SMILES string of the molecule is Fc1c[c]c(SC(F)(F)F)cc1. The van der Waals surface area contributed by atoms with Gasteiger partial charge < -0.3 is 0 Å². The van der Waals surface area contributed by atoms with Gasteiger partial charge in [-0.3, -0.25) is 0 Å². The van der Waals surface area contributed by atoms with Crippen LogP contribution in [0.4, 0.5) is 17.6 Å². The fourth-order valence-corrected chi connectivity index (χ4v) is 1.08. The second-order valence-electron chi connectivity index (χ2n) is 1.92. The number of thioether (sulfide) groups is 1. The van der Waals surface area contributed by atoms with E-state index in [0.29, 0.717) is 0 Å². The fraction of sp³-hybridized carbons (Fsp3) is 0.143. The molecule has 12 heavy (non-hydrogen) atoms. The summed E-state index contributed by atoms with van der Waals surface area (Å²) in [6.07, 6.45) is 0. The summed E-state index contributed by atoms with van der Waals surface area (Å²) in [6.45, 7) is 0. The van der Waals surface area contributed by atoms with Crippen LogP contribution < -0.4 is 0 Å². The van der Waals surface area contributed by atoms with E-state index < -0.39 is 11.3 Å². The molecule has 1 rings (SSSR count). The average molecular weight is 195 g/mol. The molecule has 0 aromatic heterocycles. The molecule has 0 saturated heterocycles. The van der Waals surface area contributed by atoms with Gasteiger partial charge in [0.05, 0.1) is 0 Å². The maximum Gasteiger partial charge on any atom is 0.446 e. The van der Waals surface area contributed by atoms with E-state index in [2.05, 4.69) is 6.07 Å². The Bertz CT molecular complexity index is 251. The van der Waals surface area contributed by atoms with Gasteiger partial charge in [0, 0.05) is 4.90 Å². The van der Waals surface area contributed by atoms with Crippen LogP contribution in [0, 0.1) is 11.9 Å². The Morgan fingerprint density at radius 2 is 1.92 bits per heavy atom. The molecule has 0 atom stereocenters. The topological polar surface area (TPSA) is 0 Å². The molecule has 0 bridgehead atoms. The summed E-state index contributed by atoms with van der Waals surface area (Å²) in [6, 6.07) is 5.03. The van der Waals surface area contributed by atoms with Gasteiger partial charge in [0.25, 0.3) is 0 Å². The van der Waals surface area contributed by atoms with E-state index in [-0.39, 0.29) is 16.7 Å². The van der Waals surface area contributed by atoms with Gasteiger partial charge >= 0.3 is 5.51 Å². The van der Waals surface area contributed by atoms with Crippen LogP contribution in [0.15, 0.2) is 23.1 Å². The van der Waals surface area contributed by atoms with Crippen molar-refractivity contribution in [2.24, 2.45) is 0 Å². The normalized spacial score (nSPS) is 11.7. The molecule has 0 N–H and O–H groups in total. The van der Waals surface area contributed by atoms with Gasteiger partial charge in [-0.25, -0.2) is 4.39 Å². The molecule has 0 saturated carbocycles. The molecule has 0 spiro atoms. The van der Waals surface area contributed by atoms with Crippen LogP contribution in [-0.4, -0.2) is 5.51 Å². The molecule has 0 fully saturated rings. The molecule has 0 aliphatic heterocycles. The summed E-state index contributed by atoms with van der Waals surface area (Å²) < 4.78 is 47.3. The van der Waals surface area contributed by atoms with Gasteiger partial charge in [-0.2, -0.15) is 13.2 Å². The third-order valence-electron chi connectivity index (χ3n) is 0.972. The number of halogens is 4. The number of alkyl halides is 3. The van der Waals surface area contributed by atoms with Crippen molar-refractivity contribution >= 4 is 11.8 Å². The summed E-state index contributed by atoms with van der Waals surface area (Å²) in [5.74, 6) is -0.596. The van der Waals surface area contributed by atoms with E-state index in [9.17, 15) is 17.6 Å². The van der Waals surface area contributed by atoms with Crippen molar-refractivity contribution < 1.29 is 17.6 Å². The van der Waals surface area contributed by atoms with E-state index in [1.54, 1.807) is 0 Å². The third-order valence-corrected chi connectivity index (χ3v) is 1.68. The van der Waals surface area contributed by atoms with Gasteiger partial charge in [-0.05, 0) is 36.0 Å². The summed E-state index contributed by atoms with van der Waals surface area (Å²) in [5, 5.41) is 0.